The molecule has 1 aliphatic rings. The molecule has 0 fully saturated rings. The minimum absolute atomic E-state index is 0.0707. The molecule has 2 rings (SSSR count). The van der Waals surface area contributed by atoms with Gasteiger partial charge in [-0.2, -0.15) is 0 Å². The van der Waals surface area contributed by atoms with Gasteiger partial charge >= 0.3 is 0 Å². The third-order valence-electron chi connectivity index (χ3n) is 2.16. The third-order valence-corrected chi connectivity index (χ3v) is 3.27. The van der Waals surface area contributed by atoms with Gasteiger partial charge in [-0.3, -0.25) is 4.79 Å². The van der Waals surface area contributed by atoms with Gasteiger partial charge < -0.3 is 5.32 Å². The van der Waals surface area contributed by atoms with Crippen LogP contribution in [0.3, 0.4) is 0 Å². The van der Waals surface area contributed by atoms with E-state index in [0.29, 0.717) is 0 Å². The lowest BCUT2D eigenvalue weighted by atomic mass is 10.2. The van der Waals surface area contributed by atoms with E-state index in [4.69, 9.17) is 0 Å². The topological polar surface area (TPSA) is 29.1 Å². The minimum Gasteiger partial charge on any atom is -0.374 e. The van der Waals surface area contributed by atoms with E-state index in [1.54, 1.807) is 0 Å². The van der Waals surface area contributed by atoms with E-state index in [9.17, 15) is 4.79 Å². The Balaban J connectivity index is 2.48. The normalized spacial score (nSPS) is 20.8. The molecule has 1 aromatic rings. The molecule has 2 nitrogen and oxygen atoms in total. The van der Waals surface area contributed by atoms with Gasteiger partial charge in [0.15, 0.2) is 0 Å². The lowest BCUT2D eigenvalue weighted by Crippen LogP contribution is -2.27. The first kappa shape index (κ1) is 8.63. The average molecular weight is 193 g/mol. The van der Waals surface area contributed by atoms with Crippen molar-refractivity contribution in [1.29, 1.82) is 0 Å². The molecule has 68 valence electrons. The van der Waals surface area contributed by atoms with Crippen LogP contribution < -0.4 is 5.32 Å². The number of anilines is 1. The molecule has 0 radical (unpaired) electrons. The first-order chi connectivity index (χ1) is 6.18. The molecule has 0 aliphatic carbocycles. The fraction of sp³-hybridized carbons (Fsp3) is 0.300. The maximum absolute atomic E-state index is 11.4. The van der Waals surface area contributed by atoms with Crippen LogP contribution in [0.2, 0.25) is 0 Å². The summed E-state index contributed by atoms with van der Waals surface area (Å²) in [5.74, 6) is 0. The summed E-state index contributed by atoms with van der Waals surface area (Å²) in [5, 5.41) is 3.40. The van der Waals surface area contributed by atoms with Gasteiger partial charge in [-0.25, -0.2) is 0 Å². The molecule has 1 N–H and O–H groups in total. The van der Waals surface area contributed by atoms with Crippen molar-refractivity contribution in [2.75, 3.05) is 5.32 Å². The highest BCUT2D eigenvalue weighted by atomic mass is 32.2. The Bertz CT molecular complexity index is 362. The minimum atomic E-state index is -0.0707. The standard InChI is InChI=1S/C10H11NOS/c1-6-4-3-5-8-9(6)11-7(2)10(12)13-8/h3-5,7,11H,1-2H3. The molecule has 0 saturated heterocycles. The van der Waals surface area contributed by atoms with E-state index in [1.807, 2.05) is 19.1 Å². The Morgan fingerprint density at radius 2 is 2.23 bits per heavy atom. The van der Waals surface area contributed by atoms with E-state index in [2.05, 4.69) is 18.3 Å². The summed E-state index contributed by atoms with van der Waals surface area (Å²) in [6, 6.07) is 5.93. The fourth-order valence-electron chi connectivity index (χ4n) is 1.38. The number of thioether (sulfide) groups is 1. The molecule has 0 aromatic heterocycles. The second-order valence-electron chi connectivity index (χ2n) is 3.24. The van der Waals surface area contributed by atoms with Crippen LogP contribution in [-0.4, -0.2) is 11.2 Å². The number of carbonyl (C=O) groups is 1. The molecule has 13 heavy (non-hydrogen) atoms. The predicted molar refractivity (Wildman–Crippen MR) is 55.1 cm³/mol. The highest BCUT2D eigenvalue weighted by Crippen LogP contribution is 2.35. The van der Waals surface area contributed by atoms with Crippen LogP contribution in [0.4, 0.5) is 5.69 Å². The van der Waals surface area contributed by atoms with E-state index in [0.717, 1.165) is 10.6 Å². The smallest absolute Gasteiger partial charge is 0.215 e. The van der Waals surface area contributed by atoms with Crippen LogP contribution in [0.5, 0.6) is 0 Å². The predicted octanol–water partition coefficient (Wildman–Crippen LogP) is 2.43. The molecular formula is C10H11NOS. The molecule has 1 atom stereocenters. The van der Waals surface area contributed by atoms with Crippen LogP contribution >= 0.6 is 11.8 Å². The van der Waals surface area contributed by atoms with Crippen LogP contribution in [0.15, 0.2) is 23.1 Å². The first-order valence-corrected chi connectivity index (χ1v) is 5.08. The Kier molecular flexibility index (Phi) is 2.04. The summed E-state index contributed by atoms with van der Waals surface area (Å²) >= 11 is 1.33. The largest absolute Gasteiger partial charge is 0.374 e. The van der Waals surface area contributed by atoms with Gasteiger partial charge in [0.05, 0.1) is 11.7 Å². The first-order valence-electron chi connectivity index (χ1n) is 4.26. The zero-order valence-electron chi connectivity index (χ0n) is 7.63. The number of carbonyl (C=O) groups excluding carboxylic acids is 1. The van der Waals surface area contributed by atoms with Crippen molar-refractivity contribution >= 4 is 22.6 Å². The Hall–Kier alpha value is -0.960. The molecular weight excluding hydrogens is 182 g/mol. The number of nitrogens with one attached hydrogen (secondary N) is 1. The number of benzene rings is 1. The summed E-state index contributed by atoms with van der Waals surface area (Å²) in [6.07, 6.45) is 0. The average Bonchev–Trinajstić information content (AvgIpc) is 2.09. The summed E-state index contributed by atoms with van der Waals surface area (Å²) in [5.41, 5.74) is 2.31. The van der Waals surface area contributed by atoms with Crippen molar-refractivity contribution in [3.05, 3.63) is 23.8 Å². The second-order valence-corrected chi connectivity index (χ2v) is 4.28. The van der Waals surface area contributed by atoms with Gasteiger partial charge in [0, 0.05) is 4.90 Å². The van der Waals surface area contributed by atoms with Crippen molar-refractivity contribution in [2.24, 2.45) is 0 Å². The Morgan fingerprint density at radius 1 is 1.46 bits per heavy atom. The molecule has 1 aromatic carbocycles. The highest BCUT2D eigenvalue weighted by molar-refractivity contribution is 8.14. The Morgan fingerprint density at radius 3 is 3.00 bits per heavy atom. The van der Waals surface area contributed by atoms with E-state index in [1.165, 1.54) is 17.3 Å². The van der Waals surface area contributed by atoms with E-state index >= 15 is 0 Å². The van der Waals surface area contributed by atoms with Gasteiger partial charge in [-0.05, 0) is 37.2 Å². The van der Waals surface area contributed by atoms with Gasteiger partial charge in [-0.1, -0.05) is 12.1 Å². The lowest BCUT2D eigenvalue weighted by molar-refractivity contribution is -0.111. The van der Waals surface area contributed by atoms with Crippen LogP contribution in [0.25, 0.3) is 0 Å². The molecule has 0 bridgehead atoms. The molecule has 1 unspecified atom stereocenters. The number of rotatable bonds is 0. The Labute approximate surface area is 81.7 Å². The molecule has 0 spiro atoms. The lowest BCUT2D eigenvalue weighted by Gasteiger charge is -2.23. The van der Waals surface area contributed by atoms with Crippen LogP contribution in [0, 0.1) is 6.92 Å². The van der Waals surface area contributed by atoms with Crippen molar-refractivity contribution in [3.8, 4) is 0 Å². The molecule has 3 heteroatoms. The molecule has 1 heterocycles. The fourth-order valence-corrected chi connectivity index (χ4v) is 2.30. The number of aryl methyl sites for hydroxylation is 1. The monoisotopic (exact) mass is 193 g/mol. The van der Waals surface area contributed by atoms with Gasteiger partial charge in [0.25, 0.3) is 0 Å². The van der Waals surface area contributed by atoms with Crippen molar-refractivity contribution in [2.45, 2.75) is 24.8 Å². The second kappa shape index (κ2) is 3.07. The maximum atomic E-state index is 11.4. The van der Waals surface area contributed by atoms with Crippen molar-refractivity contribution < 1.29 is 4.79 Å². The SMILES string of the molecule is Cc1cccc2c1NC(C)C(=O)S2. The van der Waals surface area contributed by atoms with Crippen LogP contribution in [0.1, 0.15) is 12.5 Å². The zero-order chi connectivity index (χ0) is 9.42. The van der Waals surface area contributed by atoms with E-state index in [-0.39, 0.29) is 11.2 Å². The summed E-state index contributed by atoms with van der Waals surface area (Å²) < 4.78 is 0. The molecule has 0 amide bonds. The molecule has 0 saturated carbocycles. The van der Waals surface area contributed by atoms with Crippen LogP contribution in [-0.2, 0) is 4.79 Å². The molecule has 1 aliphatic heterocycles. The van der Waals surface area contributed by atoms with Gasteiger partial charge in [-0.15, -0.1) is 0 Å². The third kappa shape index (κ3) is 1.44. The summed E-state index contributed by atoms with van der Waals surface area (Å²) in [4.78, 5) is 12.4. The summed E-state index contributed by atoms with van der Waals surface area (Å²) in [6.45, 7) is 3.94. The highest BCUT2D eigenvalue weighted by Gasteiger charge is 2.23. The quantitative estimate of drug-likeness (QED) is 0.686. The number of hydrogen-bond acceptors (Lipinski definition) is 3. The van der Waals surface area contributed by atoms with Gasteiger partial charge in [0.2, 0.25) is 5.12 Å². The number of hydrogen-bond donors (Lipinski definition) is 1. The maximum Gasteiger partial charge on any atom is 0.215 e. The van der Waals surface area contributed by atoms with E-state index < -0.39 is 0 Å². The van der Waals surface area contributed by atoms with Crippen molar-refractivity contribution in [3.63, 3.8) is 0 Å². The number of fused-ring (bicyclic) bond motifs is 1. The zero-order valence-corrected chi connectivity index (χ0v) is 8.44. The number of para-hydroxylation sites is 1. The van der Waals surface area contributed by atoms with Crippen molar-refractivity contribution in [1.82, 2.24) is 0 Å². The summed E-state index contributed by atoms with van der Waals surface area (Å²) in [7, 11) is 0. The van der Waals surface area contributed by atoms with Gasteiger partial charge in [0.1, 0.15) is 0 Å².